The first kappa shape index (κ1) is 16.5. The predicted octanol–water partition coefficient (Wildman–Crippen LogP) is 3.52. The van der Waals surface area contributed by atoms with Crippen LogP contribution in [0.4, 0.5) is 0 Å². The molecule has 0 aliphatic rings. The molecule has 0 saturated carbocycles. The van der Waals surface area contributed by atoms with Gasteiger partial charge in [-0.2, -0.15) is 0 Å². The zero-order valence-corrected chi connectivity index (χ0v) is 14.0. The standard InChI is InChI=1S/C14H20BrClN2O/c1-4-8-18(10-9-17(2)3)14(19)11-6-5-7-12(15)13(11)16/h5-7H,4,8-10H2,1-3H3. The van der Waals surface area contributed by atoms with Crippen molar-refractivity contribution in [2.24, 2.45) is 0 Å². The lowest BCUT2D eigenvalue weighted by Crippen LogP contribution is -2.37. The summed E-state index contributed by atoms with van der Waals surface area (Å²) in [6.45, 7) is 4.37. The summed E-state index contributed by atoms with van der Waals surface area (Å²) in [5, 5.41) is 0.485. The highest BCUT2D eigenvalue weighted by molar-refractivity contribution is 9.10. The highest BCUT2D eigenvalue weighted by atomic mass is 79.9. The topological polar surface area (TPSA) is 23.6 Å². The van der Waals surface area contributed by atoms with E-state index in [0.29, 0.717) is 17.1 Å². The van der Waals surface area contributed by atoms with Gasteiger partial charge in [-0.1, -0.05) is 24.6 Å². The number of hydrogen-bond acceptors (Lipinski definition) is 2. The average Bonchev–Trinajstić information content (AvgIpc) is 2.37. The lowest BCUT2D eigenvalue weighted by atomic mass is 10.2. The molecular formula is C14H20BrClN2O. The molecule has 0 N–H and O–H groups in total. The van der Waals surface area contributed by atoms with Crippen molar-refractivity contribution in [3.05, 3.63) is 33.3 Å². The Morgan fingerprint density at radius 2 is 1.95 bits per heavy atom. The molecule has 0 radical (unpaired) electrons. The van der Waals surface area contributed by atoms with Gasteiger partial charge in [-0.15, -0.1) is 0 Å². The molecule has 0 aliphatic carbocycles. The Morgan fingerprint density at radius 1 is 1.26 bits per heavy atom. The van der Waals surface area contributed by atoms with Crippen molar-refractivity contribution in [1.82, 2.24) is 9.80 Å². The summed E-state index contributed by atoms with van der Waals surface area (Å²) in [7, 11) is 4.00. The average molecular weight is 348 g/mol. The Balaban J connectivity index is 2.89. The first-order valence-electron chi connectivity index (χ1n) is 6.35. The molecule has 3 nitrogen and oxygen atoms in total. The fourth-order valence-corrected chi connectivity index (χ4v) is 2.32. The van der Waals surface area contributed by atoms with Crippen molar-refractivity contribution in [2.45, 2.75) is 13.3 Å². The molecule has 0 saturated heterocycles. The predicted molar refractivity (Wildman–Crippen MR) is 83.9 cm³/mol. The SMILES string of the molecule is CCCN(CCN(C)C)C(=O)c1cccc(Br)c1Cl. The van der Waals surface area contributed by atoms with E-state index in [4.69, 9.17) is 11.6 Å². The summed E-state index contributed by atoms with van der Waals surface area (Å²) in [4.78, 5) is 16.4. The Labute approximate surface area is 128 Å². The summed E-state index contributed by atoms with van der Waals surface area (Å²) >= 11 is 9.54. The van der Waals surface area contributed by atoms with Gasteiger partial charge in [-0.25, -0.2) is 0 Å². The number of nitrogens with zero attached hydrogens (tertiary/aromatic N) is 2. The van der Waals surface area contributed by atoms with Crippen LogP contribution in [0, 0.1) is 0 Å². The van der Waals surface area contributed by atoms with E-state index in [1.165, 1.54) is 0 Å². The van der Waals surface area contributed by atoms with Gasteiger partial charge in [0.2, 0.25) is 0 Å². The van der Waals surface area contributed by atoms with E-state index in [0.717, 1.165) is 24.0 Å². The van der Waals surface area contributed by atoms with Crippen molar-refractivity contribution in [3.63, 3.8) is 0 Å². The van der Waals surface area contributed by atoms with Crippen LogP contribution in [-0.2, 0) is 0 Å². The fraction of sp³-hybridized carbons (Fsp3) is 0.500. The van der Waals surface area contributed by atoms with Crippen molar-refractivity contribution in [3.8, 4) is 0 Å². The van der Waals surface area contributed by atoms with Crippen LogP contribution in [0.15, 0.2) is 22.7 Å². The first-order chi connectivity index (χ1) is 8.97. The van der Waals surface area contributed by atoms with Crippen molar-refractivity contribution in [1.29, 1.82) is 0 Å². The molecule has 1 amide bonds. The van der Waals surface area contributed by atoms with Gasteiger partial charge in [0.15, 0.2) is 0 Å². The second kappa shape index (κ2) is 7.88. The number of likely N-dealkylation sites (N-methyl/N-ethyl adjacent to an activating group) is 1. The highest BCUT2D eigenvalue weighted by Gasteiger charge is 2.18. The molecule has 1 aromatic rings. The molecule has 1 rings (SSSR count). The minimum absolute atomic E-state index is 0.00463. The number of carbonyl (C=O) groups is 1. The molecule has 19 heavy (non-hydrogen) atoms. The van der Waals surface area contributed by atoms with Gasteiger partial charge in [-0.05, 0) is 48.6 Å². The van der Waals surface area contributed by atoms with Crippen LogP contribution >= 0.6 is 27.5 Å². The third-order valence-corrected chi connectivity index (χ3v) is 4.08. The molecule has 0 spiro atoms. The van der Waals surface area contributed by atoms with Gasteiger partial charge < -0.3 is 9.80 Å². The van der Waals surface area contributed by atoms with Crippen LogP contribution in [0.1, 0.15) is 23.7 Å². The van der Waals surface area contributed by atoms with E-state index in [9.17, 15) is 4.79 Å². The first-order valence-corrected chi connectivity index (χ1v) is 7.52. The van der Waals surface area contributed by atoms with Gasteiger partial charge in [-0.3, -0.25) is 4.79 Å². The smallest absolute Gasteiger partial charge is 0.255 e. The number of carbonyl (C=O) groups excluding carboxylic acids is 1. The second-order valence-electron chi connectivity index (χ2n) is 4.70. The van der Waals surface area contributed by atoms with Crippen LogP contribution in [0.5, 0.6) is 0 Å². The van der Waals surface area contributed by atoms with Gasteiger partial charge in [0, 0.05) is 24.1 Å². The highest BCUT2D eigenvalue weighted by Crippen LogP contribution is 2.27. The van der Waals surface area contributed by atoms with E-state index < -0.39 is 0 Å². The summed E-state index contributed by atoms with van der Waals surface area (Å²) in [5.41, 5.74) is 0.559. The number of halogens is 2. The molecule has 0 unspecified atom stereocenters. The Bertz CT molecular complexity index is 437. The molecule has 0 atom stereocenters. The molecule has 0 fully saturated rings. The lowest BCUT2D eigenvalue weighted by Gasteiger charge is -2.24. The van der Waals surface area contributed by atoms with Gasteiger partial charge in [0.1, 0.15) is 0 Å². The van der Waals surface area contributed by atoms with E-state index in [2.05, 4.69) is 27.8 Å². The number of amides is 1. The summed E-state index contributed by atoms with van der Waals surface area (Å²) in [6.07, 6.45) is 0.935. The Morgan fingerprint density at radius 3 is 2.53 bits per heavy atom. The van der Waals surface area contributed by atoms with E-state index in [1.807, 2.05) is 31.1 Å². The summed E-state index contributed by atoms with van der Waals surface area (Å²) in [5.74, 6) is -0.00463. The van der Waals surface area contributed by atoms with E-state index in [-0.39, 0.29) is 5.91 Å². The van der Waals surface area contributed by atoms with Crippen LogP contribution < -0.4 is 0 Å². The third-order valence-electron chi connectivity index (χ3n) is 2.78. The Hall–Kier alpha value is -0.580. The minimum Gasteiger partial charge on any atom is -0.337 e. The molecule has 0 aliphatic heterocycles. The van der Waals surface area contributed by atoms with Gasteiger partial charge in [0.25, 0.3) is 5.91 Å². The van der Waals surface area contributed by atoms with Crippen molar-refractivity contribution < 1.29 is 4.79 Å². The number of rotatable bonds is 6. The van der Waals surface area contributed by atoms with E-state index >= 15 is 0 Å². The van der Waals surface area contributed by atoms with E-state index in [1.54, 1.807) is 6.07 Å². The van der Waals surface area contributed by atoms with Crippen molar-refractivity contribution in [2.75, 3.05) is 33.7 Å². The van der Waals surface area contributed by atoms with Crippen LogP contribution in [0.2, 0.25) is 5.02 Å². The molecule has 0 bridgehead atoms. The fourth-order valence-electron chi connectivity index (χ4n) is 1.74. The summed E-state index contributed by atoms with van der Waals surface area (Å²) < 4.78 is 0.754. The zero-order chi connectivity index (χ0) is 14.4. The molecule has 0 aromatic heterocycles. The van der Waals surface area contributed by atoms with Gasteiger partial charge in [0.05, 0.1) is 10.6 Å². The number of benzene rings is 1. The molecule has 0 heterocycles. The Kier molecular flexibility index (Phi) is 6.83. The lowest BCUT2D eigenvalue weighted by molar-refractivity contribution is 0.0745. The number of hydrogen-bond donors (Lipinski definition) is 0. The third kappa shape index (κ3) is 4.79. The molecular weight excluding hydrogens is 328 g/mol. The molecule has 5 heteroatoms. The maximum atomic E-state index is 12.5. The van der Waals surface area contributed by atoms with Crippen molar-refractivity contribution >= 4 is 33.4 Å². The minimum atomic E-state index is -0.00463. The largest absolute Gasteiger partial charge is 0.337 e. The van der Waals surface area contributed by atoms with Crippen LogP contribution in [-0.4, -0.2) is 49.4 Å². The maximum absolute atomic E-state index is 12.5. The van der Waals surface area contributed by atoms with Gasteiger partial charge >= 0.3 is 0 Å². The molecule has 1 aromatic carbocycles. The zero-order valence-electron chi connectivity index (χ0n) is 11.6. The maximum Gasteiger partial charge on any atom is 0.255 e. The molecule has 106 valence electrons. The monoisotopic (exact) mass is 346 g/mol. The second-order valence-corrected chi connectivity index (χ2v) is 5.93. The normalized spacial score (nSPS) is 10.8. The van der Waals surface area contributed by atoms with Crippen LogP contribution in [0.25, 0.3) is 0 Å². The van der Waals surface area contributed by atoms with Crippen LogP contribution in [0.3, 0.4) is 0 Å². The quantitative estimate of drug-likeness (QED) is 0.786. The summed E-state index contributed by atoms with van der Waals surface area (Å²) in [6, 6.07) is 5.44.